The molecule has 4 rings (SSSR count). The van der Waals surface area contributed by atoms with E-state index in [1.807, 2.05) is 37.2 Å². The summed E-state index contributed by atoms with van der Waals surface area (Å²) in [7, 11) is 4.04. The Bertz CT molecular complexity index is 1150. The average molecular weight is 463 g/mol. The number of hydrogen-bond acceptors (Lipinski definition) is 5. The van der Waals surface area contributed by atoms with Crippen LogP contribution in [0.15, 0.2) is 36.4 Å². The SMILES string of the molecule is Cc1cc(C)c(NC(=S)NC2CCC(Nc3nc(N(C)C)c4ccccc4n3)CC2)cc1C. The standard InChI is InChI=1S/C26H34N6S/c1-16-14-18(3)23(15-17(16)2)30-26(33)28-20-12-10-19(11-13-20)27-25-29-22-9-7-6-8-21(22)24(31-25)32(4)5/h6-9,14-15,19-20H,10-13H2,1-5H3,(H,27,29,31)(H2,28,30,33). The van der Waals surface area contributed by atoms with E-state index in [4.69, 9.17) is 22.2 Å². The molecule has 1 aliphatic rings. The van der Waals surface area contributed by atoms with Gasteiger partial charge in [0.05, 0.1) is 5.52 Å². The summed E-state index contributed by atoms with van der Waals surface area (Å²) in [6.45, 7) is 6.38. The van der Waals surface area contributed by atoms with Crippen molar-refractivity contribution in [3.63, 3.8) is 0 Å². The molecule has 174 valence electrons. The van der Waals surface area contributed by atoms with Crippen LogP contribution < -0.4 is 20.9 Å². The molecule has 33 heavy (non-hydrogen) atoms. The van der Waals surface area contributed by atoms with Crippen molar-refractivity contribution in [1.29, 1.82) is 0 Å². The third-order valence-electron chi connectivity index (χ3n) is 6.49. The van der Waals surface area contributed by atoms with Crippen LogP contribution in [0, 0.1) is 20.8 Å². The highest BCUT2D eigenvalue weighted by Gasteiger charge is 2.23. The summed E-state index contributed by atoms with van der Waals surface area (Å²) < 4.78 is 0. The van der Waals surface area contributed by atoms with Crippen LogP contribution in [0.1, 0.15) is 42.4 Å². The van der Waals surface area contributed by atoms with E-state index >= 15 is 0 Å². The Hall–Kier alpha value is -2.93. The number of rotatable bonds is 5. The van der Waals surface area contributed by atoms with E-state index in [0.29, 0.717) is 23.1 Å². The van der Waals surface area contributed by atoms with Crippen molar-refractivity contribution in [2.24, 2.45) is 0 Å². The molecule has 0 amide bonds. The normalized spacial score (nSPS) is 18.1. The summed E-state index contributed by atoms with van der Waals surface area (Å²) >= 11 is 5.61. The highest BCUT2D eigenvalue weighted by Crippen LogP contribution is 2.26. The zero-order valence-electron chi connectivity index (χ0n) is 20.2. The molecule has 0 radical (unpaired) electrons. The molecular weight excluding hydrogens is 428 g/mol. The Morgan fingerprint density at radius 2 is 1.58 bits per heavy atom. The van der Waals surface area contributed by atoms with Gasteiger partial charge in [-0.2, -0.15) is 4.98 Å². The molecule has 1 aliphatic carbocycles. The van der Waals surface area contributed by atoms with Crippen molar-refractivity contribution in [3.8, 4) is 0 Å². The van der Waals surface area contributed by atoms with Crippen LogP contribution in [-0.2, 0) is 0 Å². The van der Waals surface area contributed by atoms with Crippen molar-refractivity contribution in [3.05, 3.63) is 53.1 Å². The van der Waals surface area contributed by atoms with Crippen LogP contribution in [0.5, 0.6) is 0 Å². The van der Waals surface area contributed by atoms with Gasteiger partial charge in [0.1, 0.15) is 5.82 Å². The van der Waals surface area contributed by atoms with Crippen molar-refractivity contribution in [2.75, 3.05) is 29.6 Å². The van der Waals surface area contributed by atoms with Crippen molar-refractivity contribution >= 4 is 45.7 Å². The lowest BCUT2D eigenvalue weighted by Crippen LogP contribution is -2.42. The maximum absolute atomic E-state index is 5.61. The predicted octanol–water partition coefficient (Wildman–Crippen LogP) is 5.33. The Kier molecular flexibility index (Phi) is 6.98. The van der Waals surface area contributed by atoms with E-state index in [0.717, 1.165) is 48.1 Å². The van der Waals surface area contributed by atoms with Gasteiger partial charge < -0.3 is 20.9 Å². The average Bonchev–Trinajstić information content (AvgIpc) is 2.78. The maximum atomic E-state index is 5.61. The lowest BCUT2D eigenvalue weighted by molar-refractivity contribution is 0.387. The van der Waals surface area contributed by atoms with Gasteiger partial charge in [0, 0.05) is 37.3 Å². The van der Waals surface area contributed by atoms with Gasteiger partial charge in [-0.25, -0.2) is 4.98 Å². The minimum absolute atomic E-state index is 0.364. The molecule has 0 spiro atoms. The maximum Gasteiger partial charge on any atom is 0.225 e. The molecule has 0 unspecified atom stereocenters. The zero-order chi connectivity index (χ0) is 23.5. The van der Waals surface area contributed by atoms with Gasteiger partial charge in [-0.1, -0.05) is 18.2 Å². The van der Waals surface area contributed by atoms with E-state index < -0.39 is 0 Å². The Morgan fingerprint density at radius 1 is 0.909 bits per heavy atom. The predicted molar refractivity (Wildman–Crippen MR) is 144 cm³/mol. The third-order valence-corrected chi connectivity index (χ3v) is 6.71. The first-order valence-corrected chi connectivity index (χ1v) is 12.1. The van der Waals surface area contributed by atoms with Gasteiger partial charge in [-0.05, 0) is 93.6 Å². The van der Waals surface area contributed by atoms with Crippen LogP contribution in [0.2, 0.25) is 0 Å². The lowest BCUT2D eigenvalue weighted by Gasteiger charge is -2.30. The number of fused-ring (bicyclic) bond motifs is 1. The Labute approximate surface area is 202 Å². The molecule has 1 heterocycles. The Morgan fingerprint density at radius 3 is 2.30 bits per heavy atom. The van der Waals surface area contributed by atoms with E-state index in [2.05, 4.69) is 54.9 Å². The van der Waals surface area contributed by atoms with Gasteiger partial charge >= 0.3 is 0 Å². The number of benzene rings is 2. The molecule has 1 fully saturated rings. The van der Waals surface area contributed by atoms with E-state index in [9.17, 15) is 0 Å². The number of anilines is 3. The summed E-state index contributed by atoms with van der Waals surface area (Å²) in [6, 6.07) is 13.3. The number of nitrogens with zero attached hydrogens (tertiary/aromatic N) is 3. The molecule has 0 aliphatic heterocycles. The van der Waals surface area contributed by atoms with Gasteiger partial charge in [0.2, 0.25) is 5.95 Å². The van der Waals surface area contributed by atoms with Crippen LogP contribution in [0.25, 0.3) is 10.9 Å². The fourth-order valence-corrected chi connectivity index (χ4v) is 4.75. The lowest BCUT2D eigenvalue weighted by atomic mass is 9.91. The van der Waals surface area contributed by atoms with E-state index in [1.165, 1.54) is 16.7 Å². The molecule has 0 saturated heterocycles. The number of thiocarbonyl (C=S) groups is 1. The van der Waals surface area contributed by atoms with E-state index in [1.54, 1.807) is 0 Å². The molecule has 0 bridgehead atoms. The molecule has 3 aromatic rings. The highest BCUT2D eigenvalue weighted by molar-refractivity contribution is 7.80. The summed E-state index contributed by atoms with van der Waals surface area (Å²) in [6.07, 6.45) is 4.21. The molecule has 0 atom stereocenters. The molecule has 6 nitrogen and oxygen atoms in total. The molecule has 3 N–H and O–H groups in total. The van der Waals surface area contributed by atoms with Crippen molar-refractivity contribution in [2.45, 2.75) is 58.5 Å². The molecular formula is C26H34N6S. The number of para-hydroxylation sites is 1. The fraction of sp³-hybridized carbons (Fsp3) is 0.423. The summed E-state index contributed by atoms with van der Waals surface area (Å²) in [4.78, 5) is 11.6. The smallest absolute Gasteiger partial charge is 0.225 e. The Balaban J connectivity index is 1.33. The topological polar surface area (TPSA) is 65.1 Å². The first kappa shape index (κ1) is 23.2. The summed E-state index contributed by atoms with van der Waals surface area (Å²) in [5.41, 5.74) is 5.83. The second kappa shape index (κ2) is 9.91. The minimum atomic E-state index is 0.364. The summed E-state index contributed by atoms with van der Waals surface area (Å²) in [5.74, 6) is 1.65. The van der Waals surface area contributed by atoms with Crippen molar-refractivity contribution < 1.29 is 0 Å². The number of nitrogens with one attached hydrogen (secondary N) is 3. The largest absolute Gasteiger partial charge is 0.362 e. The quantitative estimate of drug-likeness (QED) is 0.443. The monoisotopic (exact) mass is 462 g/mol. The van der Waals surface area contributed by atoms with Gasteiger partial charge in [-0.15, -0.1) is 0 Å². The molecule has 2 aromatic carbocycles. The minimum Gasteiger partial charge on any atom is -0.362 e. The van der Waals surface area contributed by atoms with Crippen LogP contribution in [0.4, 0.5) is 17.5 Å². The van der Waals surface area contributed by atoms with Crippen molar-refractivity contribution in [1.82, 2.24) is 15.3 Å². The molecule has 1 aromatic heterocycles. The second-order valence-electron chi connectivity index (χ2n) is 9.33. The molecule has 1 saturated carbocycles. The van der Waals surface area contributed by atoms with Gasteiger partial charge in [0.25, 0.3) is 0 Å². The summed E-state index contributed by atoms with van der Waals surface area (Å²) in [5, 5.41) is 12.3. The van der Waals surface area contributed by atoms with Crippen LogP contribution in [0.3, 0.4) is 0 Å². The highest BCUT2D eigenvalue weighted by atomic mass is 32.1. The number of aryl methyl sites for hydroxylation is 3. The molecule has 7 heteroatoms. The van der Waals surface area contributed by atoms with E-state index in [-0.39, 0.29) is 0 Å². The first-order chi connectivity index (χ1) is 15.8. The van der Waals surface area contributed by atoms with Gasteiger partial charge in [0.15, 0.2) is 5.11 Å². The second-order valence-corrected chi connectivity index (χ2v) is 9.73. The van der Waals surface area contributed by atoms with Crippen LogP contribution in [-0.4, -0.2) is 41.3 Å². The fourth-order valence-electron chi connectivity index (χ4n) is 4.47. The third kappa shape index (κ3) is 5.53. The zero-order valence-corrected chi connectivity index (χ0v) is 21.0. The number of hydrogen-bond donors (Lipinski definition) is 3. The van der Waals surface area contributed by atoms with Gasteiger partial charge in [-0.3, -0.25) is 0 Å². The number of aromatic nitrogens is 2. The first-order valence-electron chi connectivity index (χ1n) is 11.7. The van der Waals surface area contributed by atoms with Crippen LogP contribution >= 0.6 is 12.2 Å².